The van der Waals surface area contributed by atoms with Gasteiger partial charge in [-0.3, -0.25) is 4.79 Å². The van der Waals surface area contributed by atoms with Gasteiger partial charge in [0.2, 0.25) is 0 Å². The lowest BCUT2D eigenvalue weighted by Gasteiger charge is -1.96. The number of amides is 1. The average Bonchev–Trinajstić information content (AvgIpc) is 2.34. The van der Waals surface area contributed by atoms with Gasteiger partial charge in [0.05, 0.1) is 0 Å². The minimum absolute atomic E-state index is 0.303. The van der Waals surface area contributed by atoms with Crippen molar-refractivity contribution in [1.29, 1.82) is 0 Å². The summed E-state index contributed by atoms with van der Waals surface area (Å²) in [5.41, 5.74) is 0. The molecule has 3 nitrogen and oxygen atoms in total. The van der Waals surface area contributed by atoms with Gasteiger partial charge in [-0.2, -0.15) is 18.2 Å². The number of hydrogen-bond acceptors (Lipinski definition) is 2. The van der Waals surface area contributed by atoms with E-state index < -0.39 is 12.1 Å². The molecular weight excluding hydrogens is 193 g/mol. The maximum Gasteiger partial charge on any atom is 0.473 e. The lowest BCUT2D eigenvalue weighted by molar-refractivity contribution is -0.169. The standard InChI is InChI=1S/C5H3F3N2OS/c6-5(7,8)3(11)10-4-9-1-2-12-4/h1-2H,(H,9,10,11)/i/hD. The van der Waals surface area contributed by atoms with Crippen LogP contribution in [0.2, 0.25) is 1.41 Å². The molecule has 0 aromatic carbocycles. The molecule has 1 N–H and O–H groups in total. The van der Waals surface area contributed by atoms with E-state index in [1.807, 2.05) is 0 Å². The van der Waals surface area contributed by atoms with Crippen LogP contribution in [-0.2, 0) is 4.79 Å². The van der Waals surface area contributed by atoms with Gasteiger partial charge in [0, 0.05) is 11.6 Å². The summed E-state index contributed by atoms with van der Waals surface area (Å²) in [4.78, 5) is 13.3. The number of hydrogen-bond donors (Lipinski definition) is 1. The maximum absolute atomic E-state index is 11.7. The molecule has 0 fully saturated rings. The van der Waals surface area contributed by atoms with Crippen LogP contribution in [0.3, 0.4) is 0 Å². The van der Waals surface area contributed by atoms with Gasteiger partial charge in [-0.25, -0.2) is 0 Å². The van der Waals surface area contributed by atoms with Crippen LogP contribution < -0.4 is 4.80 Å². The molecule has 0 aliphatic carbocycles. The number of nitrogens with zero attached hydrogens (tertiary/aromatic N) is 1. The molecule has 0 atom stereocenters. The number of rotatable bonds is 0. The van der Waals surface area contributed by atoms with E-state index in [0.29, 0.717) is 4.98 Å². The zero-order valence-corrected chi connectivity index (χ0v) is 6.32. The number of halogens is 3. The lowest BCUT2D eigenvalue weighted by Crippen LogP contribution is -2.22. The Morgan fingerprint density at radius 2 is 2.42 bits per heavy atom. The lowest BCUT2D eigenvalue weighted by atomic mass is 10.6. The predicted molar refractivity (Wildman–Crippen MR) is 35.3 cm³/mol. The Bertz CT molecular complexity index is 380. The summed E-state index contributed by atoms with van der Waals surface area (Å²) in [6, 6.07) is 0. The third-order valence-corrected chi connectivity index (χ3v) is 1.52. The van der Waals surface area contributed by atoms with Gasteiger partial charge in [0.1, 0.15) is 0 Å². The number of nitrogens with one attached hydrogen (secondary N) is 1. The first-order chi connectivity index (χ1) is 5.91. The van der Waals surface area contributed by atoms with Crippen molar-refractivity contribution >= 4 is 17.2 Å². The largest absolute Gasteiger partial charge is 0.473 e. The molecule has 66 valence electrons. The van der Waals surface area contributed by atoms with Crippen molar-refractivity contribution in [3.05, 3.63) is 16.4 Å². The number of carbonyl (C=O) groups excluding carboxylic acids is 1. The van der Waals surface area contributed by atoms with Crippen LogP contribution in [0.15, 0.2) is 16.6 Å². The SMILES string of the molecule is [2H]n1ccsc1=NC(=O)C(F)(F)F. The molecule has 0 radical (unpaired) electrons. The van der Waals surface area contributed by atoms with Crippen molar-refractivity contribution in [2.45, 2.75) is 6.18 Å². The quantitative estimate of drug-likeness (QED) is 0.664. The summed E-state index contributed by atoms with van der Waals surface area (Å²) in [6.45, 7) is 0. The van der Waals surface area contributed by atoms with E-state index in [-0.39, 0.29) is 4.80 Å². The van der Waals surface area contributed by atoms with Gasteiger partial charge in [-0.1, -0.05) is 0 Å². The van der Waals surface area contributed by atoms with Gasteiger partial charge in [0.15, 0.2) is 6.21 Å². The summed E-state index contributed by atoms with van der Waals surface area (Å²) in [7, 11) is 0. The fraction of sp³-hybridized carbons (Fsp3) is 0.200. The molecule has 1 rings (SSSR count). The van der Waals surface area contributed by atoms with E-state index in [0.717, 1.165) is 11.3 Å². The number of aromatic amines is 1. The Labute approximate surface area is 70.0 Å². The Morgan fingerprint density at radius 3 is 2.83 bits per heavy atom. The molecule has 0 saturated heterocycles. The highest BCUT2D eigenvalue weighted by Gasteiger charge is 2.38. The van der Waals surface area contributed by atoms with E-state index in [2.05, 4.69) is 4.99 Å². The molecule has 0 aliphatic heterocycles. The topological polar surface area (TPSA) is 45.2 Å². The second kappa shape index (κ2) is 3.10. The predicted octanol–water partition coefficient (Wildman–Crippen LogP) is 1.07. The molecule has 0 saturated carbocycles. The Morgan fingerprint density at radius 1 is 1.75 bits per heavy atom. The first-order valence-corrected chi connectivity index (χ1v) is 3.60. The highest BCUT2D eigenvalue weighted by molar-refractivity contribution is 7.07. The summed E-state index contributed by atoms with van der Waals surface area (Å²) >= 11 is 0.782. The van der Waals surface area contributed by atoms with Crippen LogP contribution in [0.4, 0.5) is 13.2 Å². The van der Waals surface area contributed by atoms with Crippen molar-refractivity contribution in [1.82, 2.24) is 4.98 Å². The Balaban J connectivity index is 3.04. The first-order valence-electron chi connectivity index (χ1n) is 3.17. The Hall–Kier alpha value is -1.11. The highest BCUT2D eigenvalue weighted by Crippen LogP contribution is 2.15. The van der Waals surface area contributed by atoms with E-state index >= 15 is 0 Å². The van der Waals surface area contributed by atoms with E-state index in [1.54, 1.807) is 0 Å². The molecule has 1 amide bonds. The third kappa shape index (κ3) is 2.19. The van der Waals surface area contributed by atoms with Gasteiger partial charge in [-0.05, 0) is 0 Å². The average molecular weight is 197 g/mol. The van der Waals surface area contributed by atoms with Crippen LogP contribution in [0, 0.1) is 0 Å². The van der Waals surface area contributed by atoms with Crippen LogP contribution in [-0.4, -0.2) is 17.1 Å². The molecule has 1 heterocycles. The van der Waals surface area contributed by atoms with Crippen molar-refractivity contribution in [3.63, 3.8) is 0 Å². The number of thiazole rings is 1. The van der Waals surface area contributed by atoms with Gasteiger partial charge in [-0.15, -0.1) is 11.3 Å². The van der Waals surface area contributed by atoms with Gasteiger partial charge >= 0.3 is 12.1 Å². The van der Waals surface area contributed by atoms with Crippen molar-refractivity contribution < 1.29 is 19.4 Å². The summed E-state index contributed by atoms with van der Waals surface area (Å²) in [5.74, 6) is -2.20. The summed E-state index contributed by atoms with van der Waals surface area (Å²) in [5, 5.41) is 1.36. The fourth-order valence-electron chi connectivity index (χ4n) is 0.421. The van der Waals surface area contributed by atoms with Crippen LogP contribution in [0.1, 0.15) is 0 Å². The maximum atomic E-state index is 11.7. The second-order valence-electron chi connectivity index (χ2n) is 1.73. The van der Waals surface area contributed by atoms with E-state index in [9.17, 15) is 18.0 Å². The first kappa shape index (κ1) is 7.53. The molecule has 1 aromatic heterocycles. The molecule has 12 heavy (non-hydrogen) atoms. The third-order valence-electron chi connectivity index (χ3n) is 0.859. The number of H-pyrrole nitrogens is 1. The minimum Gasteiger partial charge on any atom is -0.337 e. The number of carbonyl (C=O) groups is 1. The molecule has 0 bridgehead atoms. The smallest absolute Gasteiger partial charge is 0.337 e. The zero-order chi connectivity index (χ0) is 10.1. The Kier molecular flexibility index (Phi) is 1.94. The van der Waals surface area contributed by atoms with Gasteiger partial charge in [0.25, 0.3) is 0 Å². The van der Waals surface area contributed by atoms with E-state index in [4.69, 9.17) is 1.41 Å². The van der Waals surface area contributed by atoms with Crippen molar-refractivity contribution in [2.24, 2.45) is 4.99 Å². The number of alkyl halides is 3. The van der Waals surface area contributed by atoms with Crippen LogP contribution >= 0.6 is 11.3 Å². The minimum atomic E-state index is -4.98. The monoisotopic (exact) mass is 197 g/mol. The zero-order valence-electron chi connectivity index (χ0n) is 6.50. The van der Waals surface area contributed by atoms with E-state index in [1.165, 1.54) is 11.6 Å². The van der Waals surface area contributed by atoms with Gasteiger partial charge < -0.3 is 4.98 Å². The molecule has 7 heteroatoms. The highest BCUT2D eigenvalue weighted by atomic mass is 32.1. The van der Waals surface area contributed by atoms with Crippen LogP contribution in [0.5, 0.6) is 0 Å². The summed E-state index contributed by atoms with van der Waals surface area (Å²) < 4.78 is 42.0. The van der Waals surface area contributed by atoms with Crippen LogP contribution in [0.25, 0.3) is 0 Å². The fourth-order valence-corrected chi connectivity index (χ4v) is 0.922. The van der Waals surface area contributed by atoms with Crippen molar-refractivity contribution in [3.8, 4) is 0 Å². The van der Waals surface area contributed by atoms with Crippen molar-refractivity contribution in [2.75, 3.05) is 0 Å². The molecule has 0 aliphatic rings. The molecule has 0 spiro atoms. The summed E-state index contributed by atoms with van der Waals surface area (Å²) in [6.07, 6.45) is -3.79. The number of aromatic nitrogens is 1. The second-order valence-corrected chi connectivity index (χ2v) is 2.60. The molecular formula is C5H3F3N2OS. The normalized spacial score (nSPS) is 14.6. The molecule has 1 aromatic rings. The molecule has 0 unspecified atom stereocenters.